The zero-order valence-electron chi connectivity index (χ0n) is 12.1. The lowest BCUT2D eigenvalue weighted by atomic mass is 10.2. The maximum atomic E-state index is 11.7. The number of carbonyl (C=O) groups excluding carboxylic acids is 1. The van der Waals surface area contributed by atoms with Crippen molar-refractivity contribution in [3.8, 4) is 0 Å². The summed E-state index contributed by atoms with van der Waals surface area (Å²) in [6, 6.07) is 8.10. The summed E-state index contributed by atoms with van der Waals surface area (Å²) in [5.41, 5.74) is 2.16. The summed E-state index contributed by atoms with van der Waals surface area (Å²) >= 11 is 0. The average Bonchev–Trinajstić information content (AvgIpc) is 2.90. The van der Waals surface area contributed by atoms with Gasteiger partial charge < -0.3 is 19.7 Å². The zero-order valence-corrected chi connectivity index (χ0v) is 12.1. The number of anilines is 1. The second kappa shape index (κ2) is 7.38. The zero-order chi connectivity index (χ0) is 14.4. The van der Waals surface area contributed by atoms with E-state index in [0.717, 1.165) is 25.2 Å². The van der Waals surface area contributed by atoms with E-state index in [1.165, 1.54) is 5.56 Å². The van der Waals surface area contributed by atoms with Crippen LogP contribution in [0.15, 0.2) is 24.3 Å². The first-order valence-corrected chi connectivity index (χ1v) is 6.90. The highest BCUT2D eigenvalue weighted by atomic mass is 16.7. The Morgan fingerprint density at radius 3 is 2.50 bits per heavy atom. The summed E-state index contributed by atoms with van der Waals surface area (Å²) in [5, 5.41) is 3.27. The van der Waals surface area contributed by atoms with Crippen LogP contribution in [-0.2, 0) is 20.8 Å². The third-order valence-corrected chi connectivity index (χ3v) is 3.49. The van der Waals surface area contributed by atoms with Gasteiger partial charge >= 0.3 is 0 Å². The van der Waals surface area contributed by atoms with Crippen molar-refractivity contribution < 1.29 is 14.3 Å². The van der Waals surface area contributed by atoms with Gasteiger partial charge in [-0.3, -0.25) is 4.79 Å². The number of ether oxygens (including phenoxy) is 2. The van der Waals surface area contributed by atoms with Crippen molar-refractivity contribution >= 4 is 11.6 Å². The molecule has 1 N–H and O–H groups in total. The Bertz CT molecular complexity index is 429. The summed E-state index contributed by atoms with van der Waals surface area (Å²) in [7, 11) is 3.25. The Morgan fingerprint density at radius 2 is 1.95 bits per heavy atom. The number of hydrogen-bond acceptors (Lipinski definition) is 4. The van der Waals surface area contributed by atoms with Crippen LogP contribution in [-0.4, -0.2) is 39.5 Å². The number of benzene rings is 1. The average molecular weight is 278 g/mol. The van der Waals surface area contributed by atoms with E-state index in [1.807, 2.05) is 29.2 Å². The first kappa shape index (κ1) is 15.0. The van der Waals surface area contributed by atoms with Crippen LogP contribution in [0.3, 0.4) is 0 Å². The molecular formula is C15H22N2O3. The lowest BCUT2D eigenvalue weighted by molar-refractivity contribution is -0.117. The molecule has 0 bridgehead atoms. The number of rotatable bonds is 7. The van der Waals surface area contributed by atoms with Crippen molar-refractivity contribution in [2.45, 2.75) is 25.7 Å². The van der Waals surface area contributed by atoms with Gasteiger partial charge in [0.1, 0.15) is 0 Å². The number of nitrogens with zero attached hydrogens (tertiary/aromatic N) is 1. The molecular weight excluding hydrogens is 256 g/mol. The topological polar surface area (TPSA) is 50.8 Å². The maximum absolute atomic E-state index is 11.7. The third-order valence-electron chi connectivity index (χ3n) is 3.49. The van der Waals surface area contributed by atoms with Crippen molar-refractivity contribution in [2.75, 3.05) is 32.2 Å². The molecule has 1 aliphatic heterocycles. The smallest absolute Gasteiger partial charge is 0.227 e. The summed E-state index contributed by atoms with van der Waals surface area (Å²) in [4.78, 5) is 13.5. The number of amides is 1. The highest BCUT2D eigenvalue weighted by molar-refractivity contribution is 5.95. The van der Waals surface area contributed by atoms with Crippen molar-refractivity contribution in [3.05, 3.63) is 29.8 Å². The van der Waals surface area contributed by atoms with Gasteiger partial charge in [-0.2, -0.15) is 0 Å². The minimum Gasteiger partial charge on any atom is -0.355 e. The van der Waals surface area contributed by atoms with Crippen LogP contribution in [0.2, 0.25) is 0 Å². The predicted molar refractivity (Wildman–Crippen MR) is 77.5 cm³/mol. The fraction of sp³-hybridized carbons (Fsp3) is 0.533. The Hall–Kier alpha value is -1.43. The van der Waals surface area contributed by atoms with E-state index in [2.05, 4.69) is 5.32 Å². The molecule has 0 saturated carbocycles. The second-order valence-electron chi connectivity index (χ2n) is 4.85. The Morgan fingerprint density at radius 1 is 1.25 bits per heavy atom. The molecule has 5 nitrogen and oxygen atoms in total. The molecule has 0 unspecified atom stereocenters. The van der Waals surface area contributed by atoms with Crippen molar-refractivity contribution in [1.82, 2.24) is 5.32 Å². The second-order valence-corrected chi connectivity index (χ2v) is 4.85. The number of methoxy groups -OCH3 is 2. The summed E-state index contributed by atoms with van der Waals surface area (Å²) in [6.07, 6.45) is 1.40. The van der Waals surface area contributed by atoms with Crippen molar-refractivity contribution in [1.29, 1.82) is 0 Å². The van der Waals surface area contributed by atoms with E-state index >= 15 is 0 Å². The fourth-order valence-corrected chi connectivity index (χ4v) is 2.31. The molecule has 1 saturated heterocycles. The largest absolute Gasteiger partial charge is 0.355 e. The Kier molecular flexibility index (Phi) is 5.52. The number of carbonyl (C=O) groups is 1. The minimum atomic E-state index is -0.225. The van der Waals surface area contributed by atoms with Gasteiger partial charge in [0.05, 0.1) is 0 Å². The van der Waals surface area contributed by atoms with Gasteiger partial charge in [-0.25, -0.2) is 0 Å². The fourth-order valence-electron chi connectivity index (χ4n) is 2.31. The van der Waals surface area contributed by atoms with E-state index < -0.39 is 0 Å². The van der Waals surface area contributed by atoms with E-state index in [9.17, 15) is 4.79 Å². The molecule has 1 heterocycles. The Balaban J connectivity index is 1.84. The quantitative estimate of drug-likeness (QED) is 0.768. The third kappa shape index (κ3) is 3.79. The highest BCUT2D eigenvalue weighted by Gasteiger charge is 2.21. The van der Waals surface area contributed by atoms with Crippen molar-refractivity contribution in [2.24, 2.45) is 0 Å². The van der Waals surface area contributed by atoms with Gasteiger partial charge in [0, 0.05) is 46.0 Å². The molecule has 1 aliphatic rings. The van der Waals surface area contributed by atoms with E-state index in [1.54, 1.807) is 14.2 Å². The van der Waals surface area contributed by atoms with Crippen LogP contribution in [0.25, 0.3) is 0 Å². The molecule has 0 spiro atoms. The van der Waals surface area contributed by atoms with Crippen LogP contribution < -0.4 is 10.2 Å². The molecule has 0 atom stereocenters. The van der Waals surface area contributed by atoms with Crippen LogP contribution in [0.1, 0.15) is 18.4 Å². The van der Waals surface area contributed by atoms with Crippen LogP contribution in [0.4, 0.5) is 5.69 Å². The van der Waals surface area contributed by atoms with Crippen LogP contribution in [0.5, 0.6) is 0 Å². The summed E-state index contributed by atoms with van der Waals surface area (Å²) in [6.45, 7) is 2.22. The van der Waals surface area contributed by atoms with E-state index in [4.69, 9.17) is 9.47 Å². The van der Waals surface area contributed by atoms with Crippen molar-refractivity contribution in [3.63, 3.8) is 0 Å². The maximum Gasteiger partial charge on any atom is 0.227 e. The van der Waals surface area contributed by atoms with Gasteiger partial charge in [0.15, 0.2) is 6.29 Å². The molecule has 20 heavy (non-hydrogen) atoms. The highest BCUT2D eigenvalue weighted by Crippen LogP contribution is 2.21. The normalized spacial score (nSPS) is 15.3. The minimum absolute atomic E-state index is 0.221. The molecule has 1 amide bonds. The molecule has 110 valence electrons. The molecule has 0 aromatic heterocycles. The molecule has 1 fully saturated rings. The standard InChI is InChI=1S/C15H22N2O3/c1-19-15(20-2)11-16-10-12-5-7-13(8-6-12)17-9-3-4-14(17)18/h5-8,15-16H,3-4,9-11H2,1-2H3. The first-order chi connectivity index (χ1) is 9.74. The lowest BCUT2D eigenvalue weighted by Crippen LogP contribution is -2.29. The van der Waals surface area contributed by atoms with Gasteiger partial charge in [0.25, 0.3) is 0 Å². The number of hydrogen-bond donors (Lipinski definition) is 1. The Labute approximate surface area is 119 Å². The van der Waals surface area contributed by atoms with E-state index in [0.29, 0.717) is 13.0 Å². The molecule has 0 aliphatic carbocycles. The van der Waals surface area contributed by atoms with Crippen LogP contribution >= 0.6 is 0 Å². The van der Waals surface area contributed by atoms with Gasteiger partial charge in [-0.1, -0.05) is 12.1 Å². The molecule has 5 heteroatoms. The van der Waals surface area contributed by atoms with Gasteiger partial charge in [-0.15, -0.1) is 0 Å². The first-order valence-electron chi connectivity index (χ1n) is 6.90. The number of nitrogens with one attached hydrogen (secondary N) is 1. The molecule has 1 aromatic carbocycles. The molecule has 1 aromatic rings. The molecule has 0 radical (unpaired) electrons. The van der Waals surface area contributed by atoms with Crippen LogP contribution in [0, 0.1) is 0 Å². The predicted octanol–water partition coefficient (Wildman–Crippen LogP) is 1.52. The lowest BCUT2D eigenvalue weighted by Gasteiger charge is -2.16. The summed E-state index contributed by atoms with van der Waals surface area (Å²) in [5.74, 6) is 0.221. The SMILES string of the molecule is COC(CNCc1ccc(N2CCCC2=O)cc1)OC. The van der Waals surface area contributed by atoms with Gasteiger partial charge in [-0.05, 0) is 24.1 Å². The van der Waals surface area contributed by atoms with Gasteiger partial charge in [0.2, 0.25) is 5.91 Å². The van der Waals surface area contributed by atoms with E-state index in [-0.39, 0.29) is 12.2 Å². The molecule has 2 rings (SSSR count). The summed E-state index contributed by atoms with van der Waals surface area (Å²) < 4.78 is 10.2. The monoisotopic (exact) mass is 278 g/mol.